The molecular weight excluding hydrogens is 244 g/mol. The number of oxazole rings is 1. The first-order valence-electron chi connectivity index (χ1n) is 5.95. The molecule has 0 aliphatic heterocycles. The van der Waals surface area contributed by atoms with Crippen LogP contribution in [0.3, 0.4) is 0 Å². The Labute approximate surface area is 111 Å². The second-order valence-corrected chi connectivity index (χ2v) is 4.20. The fourth-order valence-electron chi connectivity index (χ4n) is 1.79. The number of carbonyl (C=O) groups excluding carboxylic acids is 1. The van der Waals surface area contributed by atoms with E-state index in [9.17, 15) is 4.79 Å². The number of anilines is 1. The molecule has 100 valence electrons. The maximum Gasteiger partial charge on any atom is 0.232 e. The van der Waals surface area contributed by atoms with E-state index in [1.165, 1.54) is 0 Å². The molecular formula is C14H16N2O3. The number of aryl methyl sites for hydroxylation is 2. The molecule has 0 radical (unpaired) electrons. The molecule has 1 N–H and O–H groups in total. The van der Waals surface area contributed by atoms with Crippen molar-refractivity contribution in [3.8, 4) is 5.75 Å². The van der Waals surface area contributed by atoms with Crippen LogP contribution in [0, 0.1) is 13.8 Å². The largest absolute Gasteiger partial charge is 0.497 e. The Bertz CT molecular complexity index is 590. The molecule has 5 heteroatoms. The summed E-state index contributed by atoms with van der Waals surface area (Å²) in [5, 5.41) is 2.79. The van der Waals surface area contributed by atoms with Crippen molar-refractivity contribution in [3.05, 3.63) is 41.6 Å². The highest BCUT2D eigenvalue weighted by molar-refractivity contribution is 5.92. The van der Waals surface area contributed by atoms with Crippen LogP contribution >= 0.6 is 0 Å². The molecule has 19 heavy (non-hydrogen) atoms. The molecule has 0 aliphatic carbocycles. The summed E-state index contributed by atoms with van der Waals surface area (Å²) >= 11 is 0. The minimum absolute atomic E-state index is 0.146. The standard InChI is InChI=1S/C14H16N2O3/c1-9-13(19-10(2)15-9)8-14(17)16-11-5-4-6-12(7-11)18-3/h4-7H,8H2,1-3H3,(H,16,17). The SMILES string of the molecule is COc1cccc(NC(=O)Cc2oc(C)nc2C)c1. The molecule has 1 heterocycles. The Morgan fingerprint density at radius 1 is 1.42 bits per heavy atom. The van der Waals surface area contributed by atoms with Crippen molar-refractivity contribution in [2.45, 2.75) is 20.3 Å². The predicted molar refractivity (Wildman–Crippen MR) is 71.3 cm³/mol. The third-order valence-corrected chi connectivity index (χ3v) is 2.67. The first kappa shape index (κ1) is 13.1. The lowest BCUT2D eigenvalue weighted by molar-refractivity contribution is -0.115. The summed E-state index contributed by atoms with van der Waals surface area (Å²) in [5.74, 6) is 1.72. The zero-order valence-corrected chi connectivity index (χ0v) is 11.2. The highest BCUT2D eigenvalue weighted by Gasteiger charge is 2.12. The number of ether oxygens (including phenoxy) is 1. The number of carbonyl (C=O) groups is 1. The van der Waals surface area contributed by atoms with Gasteiger partial charge in [0.15, 0.2) is 5.89 Å². The van der Waals surface area contributed by atoms with Gasteiger partial charge in [-0.1, -0.05) is 6.07 Å². The van der Waals surface area contributed by atoms with E-state index in [0.717, 1.165) is 5.69 Å². The second kappa shape index (κ2) is 5.56. The zero-order chi connectivity index (χ0) is 13.8. The summed E-state index contributed by atoms with van der Waals surface area (Å²) < 4.78 is 10.5. The third kappa shape index (κ3) is 3.34. The Hall–Kier alpha value is -2.30. The number of nitrogens with one attached hydrogen (secondary N) is 1. The van der Waals surface area contributed by atoms with Crippen molar-refractivity contribution in [3.63, 3.8) is 0 Å². The Balaban J connectivity index is 2.03. The van der Waals surface area contributed by atoms with Gasteiger partial charge in [-0.25, -0.2) is 4.98 Å². The number of benzene rings is 1. The van der Waals surface area contributed by atoms with Crippen molar-refractivity contribution in [1.29, 1.82) is 0 Å². The normalized spacial score (nSPS) is 10.3. The number of methoxy groups -OCH3 is 1. The first-order chi connectivity index (χ1) is 9.08. The van der Waals surface area contributed by atoms with Gasteiger partial charge in [0.05, 0.1) is 19.2 Å². The van der Waals surface area contributed by atoms with Gasteiger partial charge in [-0.2, -0.15) is 0 Å². The second-order valence-electron chi connectivity index (χ2n) is 4.20. The van der Waals surface area contributed by atoms with Crippen LogP contribution in [0.15, 0.2) is 28.7 Å². The molecule has 0 aliphatic rings. The van der Waals surface area contributed by atoms with Gasteiger partial charge in [-0.15, -0.1) is 0 Å². The van der Waals surface area contributed by atoms with E-state index in [4.69, 9.17) is 9.15 Å². The fourth-order valence-corrected chi connectivity index (χ4v) is 1.79. The quantitative estimate of drug-likeness (QED) is 0.917. The van der Waals surface area contributed by atoms with E-state index in [1.54, 1.807) is 26.2 Å². The molecule has 2 rings (SSSR count). The lowest BCUT2D eigenvalue weighted by Crippen LogP contribution is -2.14. The van der Waals surface area contributed by atoms with Crippen molar-refractivity contribution in [2.75, 3.05) is 12.4 Å². The van der Waals surface area contributed by atoms with Crippen LogP contribution < -0.4 is 10.1 Å². The van der Waals surface area contributed by atoms with Crippen molar-refractivity contribution in [1.82, 2.24) is 4.98 Å². The molecule has 1 aromatic heterocycles. The molecule has 0 atom stereocenters. The van der Waals surface area contributed by atoms with Gasteiger partial charge in [0, 0.05) is 18.7 Å². The fraction of sp³-hybridized carbons (Fsp3) is 0.286. The highest BCUT2D eigenvalue weighted by Crippen LogP contribution is 2.17. The van der Waals surface area contributed by atoms with Gasteiger partial charge in [-0.3, -0.25) is 4.79 Å². The lowest BCUT2D eigenvalue weighted by Gasteiger charge is -2.06. The molecule has 5 nitrogen and oxygen atoms in total. The van der Waals surface area contributed by atoms with E-state index in [-0.39, 0.29) is 12.3 Å². The molecule has 0 bridgehead atoms. The average Bonchev–Trinajstić information content (AvgIpc) is 2.68. The topological polar surface area (TPSA) is 64.4 Å². The van der Waals surface area contributed by atoms with Gasteiger partial charge in [0.2, 0.25) is 5.91 Å². The Kier molecular flexibility index (Phi) is 3.85. The lowest BCUT2D eigenvalue weighted by atomic mass is 10.2. The number of aromatic nitrogens is 1. The van der Waals surface area contributed by atoms with Crippen LogP contribution in [0.25, 0.3) is 0 Å². The van der Waals surface area contributed by atoms with Crippen LogP contribution in [0.2, 0.25) is 0 Å². The van der Waals surface area contributed by atoms with Crippen LogP contribution in [0.5, 0.6) is 5.75 Å². The van der Waals surface area contributed by atoms with Gasteiger partial charge >= 0.3 is 0 Å². The highest BCUT2D eigenvalue weighted by atomic mass is 16.5. The van der Waals surface area contributed by atoms with Crippen molar-refractivity contribution < 1.29 is 13.9 Å². The van der Waals surface area contributed by atoms with Crippen LogP contribution in [-0.4, -0.2) is 18.0 Å². The summed E-state index contributed by atoms with van der Waals surface area (Å²) in [6, 6.07) is 7.20. The van der Waals surface area contributed by atoms with Gasteiger partial charge in [-0.05, 0) is 19.1 Å². The first-order valence-corrected chi connectivity index (χ1v) is 5.95. The summed E-state index contributed by atoms with van der Waals surface area (Å²) in [7, 11) is 1.58. The predicted octanol–water partition coefficient (Wildman–Crippen LogP) is 2.48. The molecule has 0 unspecified atom stereocenters. The smallest absolute Gasteiger partial charge is 0.232 e. The van der Waals surface area contributed by atoms with Gasteiger partial charge < -0.3 is 14.5 Å². The van der Waals surface area contributed by atoms with Crippen LogP contribution in [-0.2, 0) is 11.2 Å². The van der Waals surface area contributed by atoms with Crippen LogP contribution in [0.1, 0.15) is 17.3 Å². The molecule has 0 spiro atoms. The number of nitrogens with zero attached hydrogens (tertiary/aromatic N) is 1. The monoisotopic (exact) mass is 260 g/mol. The molecule has 2 aromatic rings. The molecule has 0 fully saturated rings. The third-order valence-electron chi connectivity index (χ3n) is 2.67. The molecule has 0 saturated heterocycles. The Morgan fingerprint density at radius 2 is 2.21 bits per heavy atom. The summed E-state index contributed by atoms with van der Waals surface area (Å²) in [6.07, 6.45) is 0.171. The summed E-state index contributed by atoms with van der Waals surface area (Å²) in [6.45, 7) is 3.58. The van der Waals surface area contributed by atoms with E-state index >= 15 is 0 Å². The maximum absolute atomic E-state index is 11.9. The number of hydrogen-bond donors (Lipinski definition) is 1. The number of amides is 1. The Morgan fingerprint density at radius 3 is 2.84 bits per heavy atom. The number of rotatable bonds is 4. The summed E-state index contributed by atoms with van der Waals surface area (Å²) in [5.41, 5.74) is 1.44. The van der Waals surface area contributed by atoms with Crippen molar-refractivity contribution in [2.24, 2.45) is 0 Å². The minimum atomic E-state index is -0.146. The van der Waals surface area contributed by atoms with E-state index in [1.807, 2.05) is 19.1 Å². The molecule has 1 aromatic carbocycles. The molecule has 1 amide bonds. The van der Waals surface area contributed by atoms with Gasteiger partial charge in [0.1, 0.15) is 11.5 Å². The average molecular weight is 260 g/mol. The van der Waals surface area contributed by atoms with E-state index in [2.05, 4.69) is 10.3 Å². The van der Waals surface area contributed by atoms with Gasteiger partial charge in [0.25, 0.3) is 0 Å². The molecule has 0 saturated carbocycles. The summed E-state index contributed by atoms with van der Waals surface area (Å²) in [4.78, 5) is 16.0. The van der Waals surface area contributed by atoms with E-state index in [0.29, 0.717) is 23.1 Å². The minimum Gasteiger partial charge on any atom is -0.497 e. The number of hydrogen-bond acceptors (Lipinski definition) is 4. The maximum atomic E-state index is 11.9. The van der Waals surface area contributed by atoms with E-state index < -0.39 is 0 Å². The zero-order valence-electron chi connectivity index (χ0n) is 11.2. The van der Waals surface area contributed by atoms with Crippen molar-refractivity contribution >= 4 is 11.6 Å². The van der Waals surface area contributed by atoms with Crippen LogP contribution in [0.4, 0.5) is 5.69 Å².